The summed E-state index contributed by atoms with van der Waals surface area (Å²) in [6.07, 6.45) is 0. The van der Waals surface area contributed by atoms with E-state index in [-0.39, 0.29) is 5.75 Å². The number of carbonyl (C=O) groups excluding carboxylic acids is 1. The van der Waals surface area contributed by atoms with Crippen LogP contribution in [0.1, 0.15) is 15.9 Å². The number of hydrogen-bond donors (Lipinski definition) is 1. The van der Waals surface area contributed by atoms with Gasteiger partial charge in [-0.25, -0.2) is 4.21 Å². The molecule has 0 aromatic heterocycles. The van der Waals surface area contributed by atoms with Gasteiger partial charge in [0, 0.05) is 5.56 Å². The molecule has 1 aromatic rings. The smallest absolute Gasteiger partial charge is 0.252 e. The van der Waals surface area contributed by atoms with Crippen molar-refractivity contribution in [3.63, 3.8) is 0 Å². The molecule has 0 aliphatic rings. The largest absolute Gasteiger partial charge is 0.306 e. The van der Waals surface area contributed by atoms with Crippen molar-refractivity contribution in [3.8, 4) is 0 Å². The third-order valence-electron chi connectivity index (χ3n) is 1.47. The van der Waals surface area contributed by atoms with Crippen molar-refractivity contribution in [1.29, 1.82) is 0 Å². The summed E-state index contributed by atoms with van der Waals surface area (Å²) < 4.78 is 19.0. The van der Waals surface area contributed by atoms with E-state index >= 15 is 0 Å². The topological polar surface area (TPSA) is 54.4 Å². The molecule has 0 saturated carbocycles. The van der Waals surface area contributed by atoms with Gasteiger partial charge in [0.05, 0.1) is 5.75 Å². The van der Waals surface area contributed by atoms with Gasteiger partial charge in [0.25, 0.3) is 5.24 Å². The average Bonchev–Trinajstić information content (AvgIpc) is 2.04. The Bertz CT molecular complexity index is 334. The van der Waals surface area contributed by atoms with E-state index in [2.05, 4.69) is 0 Å². The third-order valence-corrected chi connectivity index (χ3v) is 2.27. The van der Waals surface area contributed by atoms with Gasteiger partial charge in [-0.3, -0.25) is 4.79 Å². The highest BCUT2D eigenvalue weighted by Crippen LogP contribution is 2.08. The Morgan fingerprint density at radius 1 is 1.38 bits per heavy atom. The lowest BCUT2D eigenvalue weighted by molar-refractivity contribution is 0.108. The van der Waals surface area contributed by atoms with Crippen molar-refractivity contribution >= 4 is 27.9 Å². The van der Waals surface area contributed by atoms with Crippen molar-refractivity contribution < 1.29 is 13.6 Å². The predicted octanol–water partition coefficient (Wildman–Crippen LogP) is 1.79. The molecule has 1 unspecified atom stereocenters. The lowest BCUT2D eigenvalue weighted by Crippen LogP contribution is -1.94. The summed E-state index contributed by atoms with van der Waals surface area (Å²) in [6, 6.07) is 6.25. The zero-order valence-electron chi connectivity index (χ0n) is 6.57. The molecule has 0 spiro atoms. The van der Waals surface area contributed by atoms with Crippen molar-refractivity contribution in [3.05, 3.63) is 35.4 Å². The second-order valence-corrected chi connectivity index (χ2v) is 3.71. The van der Waals surface area contributed by atoms with Crippen molar-refractivity contribution in [1.82, 2.24) is 0 Å². The van der Waals surface area contributed by atoms with E-state index in [0.29, 0.717) is 11.1 Å². The van der Waals surface area contributed by atoms with Gasteiger partial charge in [-0.2, -0.15) is 0 Å². The van der Waals surface area contributed by atoms with Crippen LogP contribution in [0.15, 0.2) is 24.3 Å². The summed E-state index contributed by atoms with van der Waals surface area (Å²) in [7, 11) is 0. The summed E-state index contributed by atoms with van der Waals surface area (Å²) in [5.41, 5.74) is 1.08. The maximum atomic E-state index is 10.6. The fraction of sp³-hybridized carbons (Fsp3) is 0.125. The monoisotopic (exact) mass is 218 g/mol. The predicted molar refractivity (Wildman–Crippen MR) is 51.1 cm³/mol. The van der Waals surface area contributed by atoms with Crippen LogP contribution in [-0.4, -0.2) is 14.0 Å². The van der Waals surface area contributed by atoms with E-state index in [0.717, 1.165) is 0 Å². The van der Waals surface area contributed by atoms with Gasteiger partial charge in [-0.05, 0) is 29.3 Å². The van der Waals surface area contributed by atoms with Gasteiger partial charge in [0.15, 0.2) is 11.1 Å². The molecule has 0 saturated heterocycles. The number of hydrogen-bond acceptors (Lipinski definition) is 2. The molecular weight excluding hydrogens is 212 g/mol. The van der Waals surface area contributed by atoms with Crippen LogP contribution < -0.4 is 0 Å². The zero-order valence-corrected chi connectivity index (χ0v) is 8.14. The molecule has 13 heavy (non-hydrogen) atoms. The van der Waals surface area contributed by atoms with E-state index in [1.807, 2.05) is 0 Å². The molecule has 1 atom stereocenters. The summed E-state index contributed by atoms with van der Waals surface area (Å²) in [6.45, 7) is 0. The quantitative estimate of drug-likeness (QED) is 0.622. The average molecular weight is 219 g/mol. The summed E-state index contributed by atoms with van der Waals surface area (Å²) in [5.74, 6) is 0.0662. The molecule has 1 rings (SSSR count). The molecule has 1 aromatic carbocycles. The summed E-state index contributed by atoms with van der Waals surface area (Å²) >= 11 is 3.36. The number of rotatable bonds is 3. The second kappa shape index (κ2) is 4.50. The first-order valence-electron chi connectivity index (χ1n) is 3.46. The van der Waals surface area contributed by atoms with Crippen LogP contribution in [0.5, 0.6) is 0 Å². The third kappa shape index (κ3) is 3.26. The van der Waals surface area contributed by atoms with Gasteiger partial charge in [-0.1, -0.05) is 12.1 Å². The number of carbonyl (C=O) groups is 1. The van der Waals surface area contributed by atoms with E-state index in [1.165, 1.54) is 12.1 Å². The summed E-state index contributed by atoms with van der Waals surface area (Å²) in [5, 5.41) is -0.531. The van der Waals surface area contributed by atoms with Crippen LogP contribution in [0.25, 0.3) is 0 Å². The van der Waals surface area contributed by atoms with Gasteiger partial charge < -0.3 is 4.55 Å². The molecule has 70 valence electrons. The normalized spacial score (nSPS) is 12.5. The molecule has 5 heteroatoms. The molecule has 0 heterocycles. The fourth-order valence-electron chi connectivity index (χ4n) is 0.875. The second-order valence-electron chi connectivity index (χ2n) is 2.44. The molecule has 3 nitrogen and oxygen atoms in total. The Hall–Kier alpha value is -0.710. The lowest BCUT2D eigenvalue weighted by Gasteiger charge is -1.97. The van der Waals surface area contributed by atoms with Crippen LogP contribution in [0, 0.1) is 0 Å². The number of benzene rings is 1. The Kier molecular flexibility index (Phi) is 3.59. The van der Waals surface area contributed by atoms with Crippen LogP contribution in [-0.2, 0) is 16.8 Å². The van der Waals surface area contributed by atoms with E-state index in [4.69, 9.17) is 16.2 Å². The highest BCUT2D eigenvalue weighted by atomic mass is 35.5. The Labute approximate surface area is 83.0 Å². The fourth-order valence-corrected chi connectivity index (χ4v) is 1.48. The first-order valence-corrected chi connectivity index (χ1v) is 5.11. The van der Waals surface area contributed by atoms with Gasteiger partial charge in [-0.15, -0.1) is 0 Å². The lowest BCUT2D eigenvalue weighted by atomic mass is 10.2. The molecule has 0 radical (unpaired) electrons. The summed E-state index contributed by atoms with van der Waals surface area (Å²) in [4.78, 5) is 10.6. The molecule has 0 bridgehead atoms. The van der Waals surface area contributed by atoms with E-state index in [9.17, 15) is 9.00 Å². The van der Waals surface area contributed by atoms with Crippen molar-refractivity contribution in [2.75, 3.05) is 0 Å². The van der Waals surface area contributed by atoms with Crippen LogP contribution >= 0.6 is 11.6 Å². The van der Waals surface area contributed by atoms with Crippen LogP contribution in [0.3, 0.4) is 0 Å². The molecule has 0 amide bonds. The van der Waals surface area contributed by atoms with E-state index in [1.54, 1.807) is 12.1 Å². The first-order chi connectivity index (χ1) is 6.09. The SMILES string of the molecule is O=C(Cl)c1ccc(CS(=O)O)cc1. The van der Waals surface area contributed by atoms with Gasteiger partial charge >= 0.3 is 0 Å². The molecule has 0 aliphatic heterocycles. The maximum Gasteiger partial charge on any atom is 0.252 e. The van der Waals surface area contributed by atoms with Crippen LogP contribution in [0.2, 0.25) is 0 Å². The molecule has 0 aliphatic carbocycles. The minimum atomic E-state index is -1.85. The highest BCUT2D eigenvalue weighted by molar-refractivity contribution is 7.78. The standard InChI is InChI=1S/C8H7ClO3S/c9-8(10)7-3-1-6(2-4-7)5-13(11)12/h1-4H,5H2,(H,11,12). The van der Waals surface area contributed by atoms with Crippen molar-refractivity contribution in [2.45, 2.75) is 5.75 Å². The number of halogens is 1. The molecule has 0 fully saturated rings. The highest BCUT2D eigenvalue weighted by Gasteiger charge is 2.02. The Balaban J connectivity index is 2.81. The molecule has 1 N–H and O–H groups in total. The molecular formula is C8H7ClO3S. The van der Waals surface area contributed by atoms with Gasteiger partial charge in [0.1, 0.15) is 0 Å². The zero-order chi connectivity index (χ0) is 9.84. The minimum Gasteiger partial charge on any atom is -0.306 e. The Morgan fingerprint density at radius 2 is 1.92 bits per heavy atom. The maximum absolute atomic E-state index is 10.6. The first kappa shape index (κ1) is 10.4. The van der Waals surface area contributed by atoms with E-state index < -0.39 is 16.3 Å². The Morgan fingerprint density at radius 3 is 2.31 bits per heavy atom. The van der Waals surface area contributed by atoms with Crippen molar-refractivity contribution in [2.24, 2.45) is 0 Å². The van der Waals surface area contributed by atoms with Gasteiger partial charge in [0.2, 0.25) is 0 Å². The minimum absolute atomic E-state index is 0.0662. The van der Waals surface area contributed by atoms with Crippen LogP contribution in [0.4, 0.5) is 0 Å².